The minimum atomic E-state index is -3.45. The largest absolute Gasteiger partial charge is 0.398 e. The van der Waals surface area contributed by atoms with E-state index in [1.807, 2.05) is 6.92 Å². The highest BCUT2D eigenvalue weighted by Crippen LogP contribution is 2.18. The zero-order valence-electron chi connectivity index (χ0n) is 8.98. The summed E-state index contributed by atoms with van der Waals surface area (Å²) in [4.78, 5) is 0. The van der Waals surface area contributed by atoms with Crippen molar-refractivity contribution >= 4 is 21.6 Å². The van der Waals surface area contributed by atoms with Crippen molar-refractivity contribution in [2.75, 3.05) is 24.6 Å². The van der Waals surface area contributed by atoms with Crippen molar-refractivity contribution < 1.29 is 8.42 Å². The molecule has 0 radical (unpaired) electrons. The second-order valence-corrected chi connectivity index (χ2v) is 5.35. The second kappa shape index (κ2) is 4.08. The maximum absolute atomic E-state index is 11.5. The molecule has 0 saturated carbocycles. The first-order valence-corrected chi connectivity index (χ1v) is 5.83. The van der Waals surface area contributed by atoms with Crippen LogP contribution in [-0.2, 0) is 10.2 Å². The van der Waals surface area contributed by atoms with Crippen LogP contribution in [0.3, 0.4) is 0 Å². The summed E-state index contributed by atoms with van der Waals surface area (Å²) in [6.45, 7) is 1.86. The Hall–Kier alpha value is -1.27. The van der Waals surface area contributed by atoms with Crippen molar-refractivity contribution in [1.82, 2.24) is 4.31 Å². The molecule has 15 heavy (non-hydrogen) atoms. The SMILES string of the molecule is Cc1ccc(NS(=O)(=O)N(C)C)cc1N. The Kier molecular flexibility index (Phi) is 3.21. The highest BCUT2D eigenvalue weighted by Gasteiger charge is 2.12. The minimum Gasteiger partial charge on any atom is -0.398 e. The van der Waals surface area contributed by atoms with Crippen LogP contribution in [0.2, 0.25) is 0 Å². The van der Waals surface area contributed by atoms with Gasteiger partial charge in [0.25, 0.3) is 0 Å². The maximum atomic E-state index is 11.5. The molecule has 0 aliphatic heterocycles. The van der Waals surface area contributed by atoms with Gasteiger partial charge in [0.15, 0.2) is 0 Å². The van der Waals surface area contributed by atoms with Crippen LogP contribution in [0.25, 0.3) is 0 Å². The molecule has 1 aromatic rings. The molecule has 6 heteroatoms. The van der Waals surface area contributed by atoms with Crippen LogP contribution in [0.4, 0.5) is 11.4 Å². The third-order valence-corrected chi connectivity index (χ3v) is 3.46. The topological polar surface area (TPSA) is 75.4 Å². The predicted octanol–water partition coefficient (Wildman–Crippen LogP) is 0.796. The van der Waals surface area contributed by atoms with Crippen molar-refractivity contribution in [3.8, 4) is 0 Å². The molecule has 0 amide bonds. The maximum Gasteiger partial charge on any atom is 0.301 e. The van der Waals surface area contributed by atoms with Gasteiger partial charge in [0.1, 0.15) is 0 Å². The van der Waals surface area contributed by atoms with Gasteiger partial charge in [0.05, 0.1) is 5.69 Å². The molecular formula is C9H15N3O2S. The van der Waals surface area contributed by atoms with E-state index in [1.54, 1.807) is 18.2 Å². The predicted molar refractivity (Wildman–Crippen MR) is 61.8 cm³/mol. The smallest absolute Gasteiger partial charge is 0.301 e. The van der Waals surface area contributed by atoms with Crippen LogP contribution in [0.15, 0.2) is 18.2 Å². The summed E-state index contributed by atoms with van der Waals surface area (Å²) in [6.07, 6.45) is 0. The number of nitrogens with two attached hydrogens (primary N) is 1. The molecule has 1 aromatic carbocycles. The van der Waals surface area contributed by atoms with E-state index in [-0.39, 0.29) is 0 Å². The summed E-state index contributed by atoms with van der Waals surface area (Å²) in [7, 11) is -0.537. The van der Waals surface area contributed by atoms with Crippen LogP contribution in [0.1, 0.15) is 5.56 Å². The average molecular weight is 229 g/mol. The zero-order chi connectivity index (χ0) is 11.6. The van der Waals surface area contributed by atoms with Gasteiger partial charge >= 0.3 is 10.2 Å². The highest BCUT2D eigenvalue weighted by molar-refractivity contribution is 7.90. The van der Waals surface area contributed by atoms with Crippen LogP contribution >= 0.6 is 0 Å². The van der Waals surface area contributed by atoms with Crippen molar-refractivity contribution in [2.24, 2.45) is 0 Å². The van der Waals surface area contributed by atoms with E-state index in [9.17, 15) is 8.42 Å². The molecule has 0 heterocycles. The van der Waals surface area contributed by atoms with E-state index in [0.29, 0.717) is 11.4 Å². The number of nitrogen functional groups attached to an aromatic ring is 1. The van der Waals surface area contributed by atoms with Crippen molar-refractivity contribution in [3.63, 3.8) is 0 Å². The molecule has 0 bridgehead atoms. The van der Waals surface area contributed by atoms with E-state index >= 15 is 0 Å². The van der Waals surface area contributed by atoms with Crippen LogP contribution < -0.4 is 10.5 Å². The normalized spacial score (nSPS) is 11.7. The summed E-state index contributed by atoms with van der Waals surface area (Å²) >= 11 is 0. The van der Waals surface area contributed by atoms with E-state index in [1.165, 1.54) is 14.1 Å². The summed E-state index contributed by atoms with van der Waals surface area (Å²) in [6, 6.07) is 5.03. The molecular weight excluding hydrogens is 214 g/mol. The lowest BCUT2D eigenvalue weighted by Crippen LogP contribution is -2.28. The quantitative estimate of drug-likeness (QED) is 0.753. The van der Waals surface area contributed by atoms with Crippen molar-refractivity contribution in [1.29, 1.82) is 0 Å². The first-order valence-electron chi connectivity index (χ1n) is 4.39. The second-order valence-electron chi connectivity index (χ2n) is 3.46. The first-order chi connectivity index (χ1) is 6.83. The lowest BCUT2D eigenvalue weighted by molar-refractivity contribution is 0.527. The lowest BCUT2D eigenvalue weighted by atomic mass is 10.2. The standard InChI is InChI=1S/C9H15N3O2S/c1-7-4-5-8(6-9(7)10)11-15(13,14)12(2)3/h4-6,11H,10H2,1-3H3. The molecule has 0 aliphatic carbocycles. The molecule has 0 aliphatic rings. The van der Waals surface area contributed by atoms with E-state index in [0.717, 1.165) is 9.87 Å². The highest BCUT2D eigenvalue weighted by atomic mass is 32.2. The Balaban J connectivity index is 2.96. The molecule has 84 valence electrons. The molecule has 5 nitrogen and oxygen atoms in total. The van der Waals surface area contributed by atoms with E-state index in [2.05, 4.69) is 4.72 Å². The number of hydrogen-bond donors (Lipinski definition) is 2. The van der Waals surface area contributed by atoms with Gasteiger partial charge in [-0.05, 0) is 24.6 Å². The van der Waals surface area contributed by atoms with Gasteiger partial charge in [-0.15, -0.1) is 0 Å². The van der Waals surface area contributed by atoms with Crippen LogP contribution in [-0.4, -0.2) is 26.8 Å². The molecule has 0 fully saturated rings. The minimum absolute atomic E-state index is 0.465. The zero-order valence-corrected chi connectivity index (χ0v) is 9.80. The number of hydrogen-bond acceptors (Lipinski definition) is 3. The summed E-state index contributed by atoms with van der Waals surface area (Å²) in [5, 5.41) is 0. The van der Waals surface area contributed by atoms with Crippen LogP contribution in [0.5, 0.6) is 0 Å². The molecule has 0 spiro atoms. The Morgan fingerprint density at radius 3 is 2.40 bits per heavy atom. The fourth-order valence-corrected chi connectivity index (χ4v) is 1.55. The van der Waals surface area contributed by atoms with E-state index in [4.69, 9.17) is 5.73 Å². The van der Waals surface area contributed by atoms with Crippen molar-refractivity contribution in [2.45, 2.75) is 6.92 Å². The number of aryl methyl sites for hydroxylation is 1. The number of rotatable bonds is 3. The Labute approximate surface area is 90.1 Å². The summed E-state index contributed by atoms with van der Waals surface area (Å²) in [5.74, 6) is 0. The van der Waals surface area contributed by atoms with Crippen molar-refractivity contribution in [3.05, 3.63) is 23.8 Å². The van der Waals surface area contributed by atoms with E-state index < -0.39 is 10.2 Å². The Morgan fingerprint density at radius 2 is 1.93 bits per heavy atom. The molecule has 1 rings (SSSR count). The number of nitrogens with one attached hydrogen (secondary N) is 1. The Bertz CT molecular complexity index is 454. The number of nitrogens with zero attached hydrogens (tertiary/aromatic N) is 1. The van der Waals surface area contributed by atoms with Crippen LogP contribution in [0, 0.1) is 6.92 Å². The molecule has 0 aromatic heterocycles. The van der Waals surface area contributed by atoms with Gasteiger partial charge in [0, 0.05) is 19.8 Å². The monoisotopic (exact) mass is 229 g/mol. The number of anilines is 2. The fraction of sp³-hybridized carbons (Fsp3) is 0.333. The molecule has 0 atom stereocenters. The fourth-order valence-electron chi connectivity index (χ4n) is 0.944. The third kappa shape index (κ3) is 2.84. The van der Waals surface area contributed by atoms with Gasteiger partial charge < -0.3 is 5.73 Å². The lowest BCUT2D eigenvalue weighted by Gasteiger charge is -2.13. The van der Waals surface area contributed by atoms with Gasteiger partial charge in [0.2, 0.25) is 0 Å². The van der Waals surface area contributed by atoms with Gasteiger partial charge in [-0.1, -0.05) is 6.07 Å². The van der Waals surface area contributed by atoms with Gasteiger partial charge in [-0.25, -0.2) is 0 Å². The molecule has 0 unspecified atom stereocenters. The Morgan fingerprint density at radius 1 is 1.33 bits per heavy atom. The van der Waals surface area contributed by atoms with Gasteiger partial charge in [-0.3, -0.25) is 4.72 Å². The average Bonchev–Trinajstić information content (AvgIpc) is 2.10. The van der Waals surface area contributed by atoms with Gasteiger partial charge in [-0.2, -0.15) is 12.7 Å². The summed E-state index contributed by atoms with van der Waals surface area (Å²) in [5.41, 5.74) is 7.61. The third-order valence-electron chi connectivity index (χ3n) is 2.01. The first kappa shape index (κ1) is 11.8. The molecule has 0 saturated heterocycles. The number of benzene rings is 1. The summed E-state index contributed by atoms with van der Waals surface area (Å²) < 4.78 is 26.4. The molecule has 3 N–H and O–H groups in total.